The lowest BCUT2D eigenvalue weighted by molar-refractivity contribution is -0.117. The minimum absolute atomic E-state index is 0.0581. The maximum Gasteiger partial charge on any atom is 0.330 e. The van der Waals surface area contributed by atoms with E-state index in [0.29, 0.717) is 49.7 Å². The highest BCUT2D eigenvalue weighted by Gasteiger charge is 2.42. The van der Waals surface area contributed by atoms with Crippen LogP contribution in [0.15, 0.2) is 38.3 Å². The van der Waals surface area contributed by atoms with Gasteiger partial charge < -0.3 is 20.3 Å². The molecule has 1 fully saturated rings. The Kier molecular flexibility index (Phi) is 5.23. The summed E-state index contributed by atoms with van der Waals surface area (Å²) >= 11 is 0. The summed E-state index contributed by atoms with van der Waals surface area (Å²) in [6.07, 6.45) is 2.06. The molecule has 4 N–H and O–H groups in total. The Morgan fingerprint density at radius 3 is 2.19 bits per heavy atom. The summed E-state index contributed by atoms with van der Waals surface area (Å²) in [5.74, 6) is -1.07. The Balaban J connectivity index is 1.67. The fourth-order valence-corrected chi connectivity index (χ4v) is 5.26. The zero-order chi connectivity index (χ0) is 22.6. The Labute approximate surface area is 182 Å². The smallest absolute Gasteiger partial charge is 0.330 e. The number of ketones is 2. The number of allylic oxidation sites excluding steroid dienone is 4. The van der Waals surface area contributed by atoms with Gasteiger partial charge in [0.15, 0.2) is 11.6 Å². The van der Waals surface area contributed by atoms with Crippen molar-refractivity contribution in [3.8, 4) is 0 Å². The molecule has 1 saturated heterocycles. The molecule has 0 spiro atoms. The predicted molar refractivity (Wildman–Crippen MR) is 111 cm³/mol. The molecule has 2 aliphatic carbocycles. The highest BCUT2D eigenvalue weighted by atomic mass is 16.5. The fraction of sp³-hybridized carbons (Fsp3) is 0.545. The lowest BCUT2D eigenvalue weighted by atomic mass is 9.72. The van der Waals surface area contributed by atoms with Gasteiger partial charge in [-0.2, -0.15) is 0 Å². The van der Waals surface area contributed by atoms with Gasteiger partial charge in [-0.05, 0) is 25.7 Å². The maximum atomic E-state index is 13.0. The second kappa shape index (κ2) is 7.95. The number of Topliss-reactive ketones (excluding diaryl/α,β-unsaturated/α-hetero) is 2. The number of carbonyl (C=O) groups is 2. The average molecular weight is 443 g/mol. The first-order chi connectivity index (χ1) is 15.4. The Morgan fingerprint density at radius 1 is 1.00 bits per heavy atom. The molecule has 0 saturated carbocycles. The fourth-order valence-electron chi connectivity index (χ4n) is 5.26. The number of aliphatic hydroxyl groups is 2. The molecule has 5 rings (SSSR count). The van der Waals surface area contributed by atoms with Crippen molar-refractivity contribution >= 4 is 11.6 Å². The third-order valence-electron chi connectivity index (χ3n) is 6.79. The van der Waals surface area contributed by atoms with Crippen molar-refractivity contribution in [1.29, 1.82) is 0 Å². The number of dihydropyridines is 1. The van der Waals surface area contributed by atoms with E-state index in [1.807, 2.05) is 0 Å². The summed E-state index contributed by atoms with van der Waals surface area (Å²) < 4.78 is 6.76. The molecule has 32 heavy (non-hydrogen) atoms. The normalized spacial score (nSPS) is 28.6. The SMILES string of the molecule is O=C1CCCC2=C1C(c1cn([C@H]3C[C@H](O)[C@@H](CO)O3)c(=O)[nH]c1=O)C1=C(CCCC1=O)N2. The Morgan fingerprint density at radius 2 is 1.62 bits per heavy atom. The van der Waals surface area contributed by atoms with Gasteiger partial charge in [-0.3, -0.25) is 23.9 Å². The highest BCUT2D eigenvalue weighted by Crippen LogP contribution is 2.44. The van der Waals surface area contributed by atoms with E-state index in [0.717, 1.165) is 11.4 Å². The largest absolute Gasteiger partial charge is 0.394 e. The molecule has 3 atom stereocenters. The number of H-pyrrole nitrogens is 1. The summed E-state index contributed by atoms with van der Waals surface area (Å²) in [4.78, 5) is 53.7. The van der Waals surface area contributed by atoms with E-state index < -0.39 is 42.2 Å². The Hall–Kier alpha value is -2.82. The number of ether oxygens (including phenoxy) is 1. The van der Waals surface area contributed by atoms with Gasteiger partial charge in [-0.15, -0.1) is 0 Å². The number of aliphatic hydroxyl groups excluding tert-OH is 2. The molecule has 4 aliphatic rings. The van der Waals surface area contributed by atoms with Crippen LogP contribution in [0.2, 0.25) is 0 Å². The van der Waals surface area contributed by atoms with Crippen molar-refractivity contribution in [1.82, 2.24) is 14.9 Å². The third-order valence-corrected chi connectivity index (χ3v) is 6.79. The van der Waals surface area contributed by atoms with Crippen LogP contribution in [0.1, 0.15) is 62.7 Å². The second-order valence-electron chi connectivity index (χ2n) is 8.76. The van der Waals surface area contributed by atoms with Crippen LogP contribution in [-0.2, 0) is 14.3 Å². The lowest BCUT2D eigenvalue weighted by Crippen LogP contribution is -2.40. The van der Waals surface area contributed by atoms with Gasteiger partial charge in [-0.1, -0.05) is 0 Å². The average Bonchev–Trinajstić information content (AvgIpc) is 3.13. The lowest BCUT2D eigenvalue weighted by Gasteiger charge is -2.36. The molecule has 10 heteroatoms. The standard InChI is InChI=1S/C22H25N3O7/c26-9-16-15(29)7-17(32-16)25-8-10(21(30)24-22(25)31)18-19-11(3-1-5-13(19)27)23-12-4-2-6-14(28)20(12)18/h8,15-18,23,26,29H,1-7,9H2,(H,24,30,31)/t15-,16+,17+/m0/s1. The van der Waals surface area contributed by atoms with Crippen molar-refractivity contribution in [2.75, 3.05) is 6.61 Å². The minimum Gasteiger partial charge on any atom is -0.394 e. The maximum absolute atomic E-state index is 13.0. The molecule has 0 bridgehead atoms. The number of hydrogen-bond acceptors (Lipinski definition) is 8. The number of aromatic nitrogens is 2. The summed E-state index contributed by atoms with van der Waals surface area (Å²) in [5, 5.41) is 22.7. The number of hydrogen-bond donors (Lipinski definition) is 4. The number of nitrogens with one attached hydrogen (secondary N) is 2. The van der Waals surface area contributed by atoms with E-state index in [1.165, 1.54) is 10.8 Å². The molecule has 2 aliphatic heterocycles. The van der Waals surface area contributed by atoms with Gasteiger partial charge in [0.05, 0.1) is 18.6 Å². The van der Waals surface area contributed by atoms with Crippen LogP contribution in [0.4, 0.5) is 0 Å². The summed E-state index contributed by atoms with van der Waals surface area (Å²) in [5.41, 5.74) is 1.06. The van der Waals surface area contributed by atoms with Crippen molar-refractivity contribution in [2.45, 2.75) is 69.3 Å². The monoisotopic (exact) mass is 443 g/mol. The number of nitrogens with zero attached hydrogens (tertiary/aromatic N) is 1. The van der Waals surface area contributed by atoms with Crippen LogP contribution in [0.5, 0.6) is 0 Å². The summed E-state index contributed by atoms with van der Waals surface area (Å²) in [7, 11) is 0. The predicted octanol–water partition coefficient (Wildman–Crippen LogP) is -0.122. The topological polar surface area (TPSA) is 151 Å². The zero-order valence-electron chi connectivity index (χ0n) is 17.4. The van der Waals surface area contributed by atoms with Crippen molar-refractivity contribution < 1.29 is 24.5 Å². The molecular weight excluding hydrogens is 418 g/mol. The molecule has 0 aromatic carbocycles. The molecular formula is C22H25N3O7. The van der Waals surface area contributed by atoms with Crippen LogP contribution in [0.25, 0.3) is 0 Å². The number of rotatable bonds is 3. The van der Waals surface area contributed by atoms with E-state index in [-0.39, 0.29) is 23.6 Å². The molecule has 0 unspecified atom stereocenters. The third kappa shape index (κ3) is 3.30. The first-order valence-electron chi connectivity index (χ1n) is 11.0. The van der Waals surface area contributed by atoms with Crippen LogP contribution in [0, 0.1) is 0 Å². The molecule has 1 aromatic rings. The van der Waals surface area contributed by atoms with E-state index >= 15 is 0 Å². The molecule has 1 aromatic heterocycles. The van der Waals surface area contributed by atoms with E-state index in [9.17, 15) is 29.4 Å². The molecule has 0 amide bonds. The van der Waals surface area contributed by atoms with Crippen molar-refractivity contribution in [2.24, 2.45) is 0 Å². The van der Waals surface area contributed by atoms with Gasteiger partial charge in [0.1, 0.15) is 12.3 Å². The van der Waals surface area contributed by atoms with E-state index in [2.05, 4.69) is 10.3 Å². The van der Waals surface area contributed by atoms with E-state index in [4.69, 9.17) is 4.74 Å². The van der Waals surface area contributed by atoms with Crippen molar-refractivity contribution in [3.05, 3.63) is 55.1 Å². The molecule has 10 nitrogen and oxygen atoms in total. The molecule has 170 valence electrons. The molecule has 3 heterocycles. The van der Waals surface area contributed by atoms with Crippen LogP contribution >= 0.6 is 0 Å². The van der Waals surface area contributed by atoms with Crippen LogP contribution in [0.3, 0.4) is 0 Å². The minimum atomic E-state index is -0.963. The van der Waals surface area contributed by atoms with Crippen LogP contribution < -0.4 is 16.6 Å². The number of aromatic amines is 1. The van der Waals surface area contributed by atoms with E-state index in [1.54, 1.807) is 0 Å². The second-order valence-corrected chi connectivity index (χ2v) is 8.76. The van der Waals surface area contributed by atoms with Gasteiger partial charge in [0.2, 0.25) is 0 Å². The molecule has 0 radical (unpaired) electrons. The Bertz CT molecular complexity index is 1130. The van der Waals surface area contributed by atoms with Gasteiger partial charge in [0, 0.05) is 53.6 Å². The van der Waals surface area contributed by atoms with Crippen molar-refractivity contribution in [3.63, 3.8) is 0 Å². The highest BCUT2D eigenvalue weighted by molar-refractivity contribution is 6.06. The summed E-state index contributed by atoms with van der Waals surface area (Å²) in [6, 6.07) is 0. The zero-order valence-corrected chi connectivity index (χ0v) is 17.4. The summed E-state index contributed by atoms with van der Waals surface area (Å²) in [6.45, 7) is -0.410. The van der Waals surface area contributed by atoms with Gasteiger partial charge in [0.25, 0.3) is 5.56 Å². The first-order valence-corrected chi connectivity index (χ1v) is 11.0. The van der Waals surface area contributed by atoms with Gasteiger partial charge in [-0.25, -0.2) is 4.79 Å². The van der Waals surface area contributed by atoms with Gasteiger partial charge >= 0.3 is 5.69 Å². The first kappa shape index (κ1) is 21.0. The van der Waals surface area contributed by atoms with Crippen LogP contribution in [-0.4, -0.2) is 50.1 Å². The quantitative estimate of drug-likeness (QED) is 0.505. The number of carbonyl (C=O) groups excluding carboxylic acids is 2.